The third-order valence-corrected chi connectivity index (χ3v) is 5.74. The van der Waals surface area contributed by atoms with E-state index in [1.807, 2.05) is 62.4 Å². The molecule has 0 fully saturated rings. The third kappa shape index (κ3) is 13.7. The molecule has 1 radical (unpaired) electrons. The summed E-state index contributed by atoms with van der Waals surface area (Å²) in [5.41, 5.74) is 6.63. The summed E-state index contributed by atoms with van der Waals surface area (Å²) in [5.74, 6) is -1.62. The van der Waals surface area contributed by atoms with Crippen molar-refractivity contribution in [1.29, 1.82) is 0 Å². The first kappa shape index (κ1) is 39.0. The zero-order chi connectivity index (χ0) is 32.4. The fourth-order valence-electron chi connectivity index (χ4n) is 3.87. The van der Waals surface area contributed by atoms with Crippen LogP contribution in [0.3, 0.4) is 0 Å². The fourth-order valence-corrected chi connectivity index (χ4v) is 3.87. The van der Waals surface area contributed by atoms with Crippen molar-refractivity contribution >= 4 is 35.7 Å². The van der Waals surface area contributed by atoms with E-state index in [2.05, 4.69) is 51.5 Å². The van der Waals surface area contributed by atoms with Crippen molar-refractivity contribution in [3.8, 4) is 11.5 Å². The summed E-state index contributed by atoms with van der Waals surface area (Å²) in [6.07, 6.45) is 3.41. The number of carbonyl (C=O) groups is 2. The molecule has 233 valence electrons. The molecule has 0 saturated heterocycles. The van der Waals surface area contributed by atoms with Gasteiger partial charge in [0.15, 0.2) is 0 Å². The van der Waals surface area contributed by atoms with E-state index in [1.165, 1.54) is 0 Å². The normalized spacial score (nSPS) is 11.2. The number of phenols is 2. The van der Waals surface area contributed by atoms with Crippen molar-refractivity contribution in [1.82, 2.24) is 0 Å². The fraction of sp³-hybridized carbons (Fsp3) is 0.353. The van der Waals surface area contributed by atoms with E-state index in [0.717, 1.165) is 47.5 Å². The van der Waals surface area contributed by atoms with Crippen LogP contribution in [0.4, 0.5) is 11.4 Å². The maximum absolute atomic E-state index is 10.7. The number of carbonyl (C=O) groups excluding carboxylic acids is 2. The molecule has 9 heteroatoms. The van der Waals surface area contributed by atoms with E-state index in [-0.39, 0.29) is 39.1 Å². The Morgan fingerprint density at radius 3 is 1.14 bits per heavy atom. The molecule has 0 bridgehead atoms. The first-order valence-electron chi connectivity index (χ1n) is 13.4. The van der Waals surface area contributed by atoms with Gasteiger partial charge in [-0.15, -0.1) is 0 Å². The molecule has 0 spiro atoms. The quantitative estimate of drug-likeness (QED) is 0.372. The minimum atomic E-state index is -1.08. The predicted molar refractivity (Wildman–Crippen MR) is 165 cm³/mol. The number of carboxylic acid groups (broad SMARTS) is 2. The topological polar surface area (TPSA) is 145 Å². The Kier molecular flexibility index (Phi) is 15.1. The molecular weight excluding hydrogens is 591 g/mol. The van der Waals surface area contributed by atoms with Crippen molar-refractivity contribution in [2.24, 2.45) is 9.98 Å². The monoisotopic (exact) mass is 633 g/mol. The maximum atomic E-state index is 10.7. The van der Waals surface area contributed by atoms with Crippen LogP contribution < -0.4 is 10.2 Å². The van der Waals surface area contributed by atoms with Gasteiger partial charge in [-0.3, -0.25) is 9.98 Å². The van der Waals surface area contributed by atoms with Gasteiger partial charge in [0.25, 0.3) is 0 Å². The summed E-state index contributed by atoms with van der Waals surface area (Å²) in [7, 11) is 0. The van der Waals surface area contributed by atoms with Crippen LogP contribution in [0.15, 0.2) is 58.5 Å². The molecule has 0 amide bonds. The number of phenolic OH excluding ortho intramolecular Hbond substituents is 2. The smallest absolute Gasteiger partial charge is 0.550 e. The zero-order valence-electron chi connectivity index (χ0n) is 26.5. The average Bonchev–Trinajstić information content (AvgIpc) is 2.83. The predicted octanol–water partition coefficient (Wildman–Crippen LogP) is 5.32. The van der Waals surface area contributed by atoms with Crippen LogP contribution in [0, 0.1) is 13.8 Å². The Balaban J connectivity index is 0.00000174. The van der Waals surface area contributed by atoms with Gasteiger partial charge in [-0.1, -0.05) is 53.7 Å². The molecule has 2 N–H and O–H groups in total. The van der Waals surface area contributed by atoms with Gasteiger partial charge in [0.2, 0.25) is 0 Å². The van der Waals surface area contributed by atoms with Gasteiger partial charge in [0.05, 0.1) is 11.4 Å². The Morgan fingerprint density at radius 1 is 0.651 bits per heavy atom. The first-order chi connectivity index (χ1) is 19.2. The number of aromatic hydroxyl groups is 2. The zero-order valence-corrected chi connectivity index (χ0v) is 27.6. The average molecular weight is 634 g/mol. The van der Waals surface area contributed by atoms with Crippen LogP contribution in [-0.4, -0.2) is 34.6 Å². The standard InChI is InChI=1S/C30H36N2O2.2C2H4O2.Co/c1-19-13-21(27(33)25(15-19)29(3,4)5)17-31-23-9-11-24(12-10-23)32-18-22-14-20(2)16-26(28(22)34)30(6,7)8;2*1-2(3)4;/h9-18,33-34H,1-8H3;2*1H3,(H,3,4);/q;;;+2/p-2. The number of aryl methyl sites for hydroxylation is 2. The van der Waals surface area contributed by atoms with Crippen LogP contribution in [0.25, 0.3) is 0 Å². The largest absolute Gasteiger partial charge is 2.00 e. The van der Waals surface area contributed by atoms with E-state index >= 15 is 0 Å². The Labute approximate surface area is 265 Å². The Hall–Kier alpha value is -3.95. The van der Waals surface area contributed by atoms with Gasteiger partial charge in [0.1, 0.15) is 11.5 Å². The van der Waals surface area contributed by atoms with E-state index < -0.39 is 11.9 Å². The molecule has 8 nitrogen and oxygen atoms in total. The number of nitrogens with zero attached hydrogens (tertiary/aromatic N) is 2. The number of rotatable bonds is 4. The van der Waals surface area contributed by atoms with Gasteiger partial charge in [0, 0.05) is 46.6 Å². The second-order valence-corrected chi connectivity index (χ2v) is 12.0. The summed E-state index contributed by atoms with van der Waals surface area (Å²) in [4.78, 5) is 26.9. The number of aliphatic carboxylic acids is 2. The van der Waals surface area contributed by atoms with Crippen LogP contribution in [-0.2, 0) is 37.2 Å². The van der Waals surface area contributed by atoms with Gasteiger partial charge in [-0.05, 0) is 86.1 Å². The number of hydrogen-bond donors (Lipinski definition) is 2. The number of carboxylic acids is 2. The molecule has 3 rings (SSSR count). The van der Waals surface area contributed by atoms with E-state index in [0.29, 0.717) is 11.1 Å². The summed E-state index contributed by atoms with van der Waals surface area (Å²) in [6, 6.07) is 15.5. The minimum absolute atomic E-state index is 0. The maximum Gasteiger partial charge on any atom is 2.00 e. The minimum Gasteiger partial charge on any atom is -0.550 e. The summed E-state index contributed by atoms with van der Waals surface area (Å²) < 4.78 is 0. The molecule has 0 unspecified atom stereocenters. The van der Waals surface area contributed by atoms with Crippen molar-refractivity contribution in [2.75, 3.05) is 0 Å². The molecule has 0 aliphatic carbocycles. The van der Waals surface area contributed by atoms with Gasteiger partial charge < -0.3 is 30.0 Å². The van der Waals surface area contributed by atoms with Gasteiger partial charge in [-0.2, -0.15) is 0 Å². The Morgan fingerprint density at radius 2 is 0.907 bits per heavy atom. The van der Waals surface area contributed by atoms with Crippen molar-refractivity contribution in [3.63, 3.8) is 0 Å². The molecule has 43 heavy (non-hydrogen) atoms. The third-order valence-electron chi connectivity index (χ3n) is 5.74. The molecule has 0 aliphatic rings. The molecule has 0 saturated carbocycles. The van der Waals surface area contributed by atoms with Crippen molar-refractivity contribution in [3.05, 3.63) is 81.9 Å². The number of benzene rings is 3. The van der Waals surface area contributed by atoms with E-state index in [9.17, 15) is 10.2 Å². The molecule has 3 aromatic carbocycles. The van der Waals surface area contributed by atoms with Crippen molar-refractivity contribution < 1.29 is 46.8 Å². The molecular formula is C34H42CoN2O6. The van der Waals surface area contributed by atoms with Gasteiger partial charge in [-0.25, -0.2) is 0 Å². The van der Waals surface area contributed by atoms with E-state index in [1.54, 1.807) is 12.4 Å². The summed E-state index contributed by atoms with van der Waals surface area (Å²) in [6.45, 7) is 18.5. The number of aliphatic imine (C=N–C) groups is 2. The summed E-state index contributed by atoms with van der Waals surface area (Å²) >= 11 is 0. The molecule has 3 aromatic rings. The molecule has 0 atom stereocenters. The SMILES string of the molecule is CC(=O)[O-].CC(=O)[O-].Cc1cc(C=Nc2ccc(N=Cc3cc(C)cc(C(C)(C)C)c3O)cc2)c(O)c(C(C)(C)C)c1.[Co+2]. The van der Waals surface area contributed by atoms with Crippen LogP contribution in [0.1, 0.15) is 88.8 Å². The second kappa shape index (κ2) is 16.6. The number of hydrogen-bond acceptors (Lipinski definition) is 8. The van der Waals surface area contributed by atoms with E-state index in [4.69, 9.17) is 19.8 Å². The second-order valence-electron chi connectivity index (χ2n) is 12.0. The first-order valence-corrected chi connectivity index (χ1v) is 13.4. The molecule has 0 aromatic heterocycles. The Bertz CT molecular complexity index is 1330. The molecule has 0 aliphatic heterocycles. The van der Waals surface area contributed by atoms with Crippen LogP contribution in [0.2, 0.25) is 0 Å². The summed E-state index contributed by atoms with van der Waals surface area (Å²) in [5, 5.41) is 39.2. The van der Waals surface area contributed by atoms with Crippen LogP contribution >= 0.6 is 0 Å². The van der Waals surface area contributed by atoms with Gasteiger partial charge >= 0.3 is 16.8 Å². The van der Waals surface area contributed by atoms with Crippen LogP contribution in [0.5, 0.6) is 11.5 Å². The van der Waals surface area contributed by atoms with Crippen molar-refractivity contribution in [2.45, 2.75) is 80.1 Å². The molecule has 0 heterocycles.